The second-order valence-corrected chi connectivity index (χ2v) is 6.65. The SMILES string of the molecule is O=C(Oc1cccc(Cl)c1)c1ccc(N2CCCCCC2)c([N+](=O)[O-])c1. The first kappa shape index (κ1) is 18.2. The van der Waals surface area contributed by atoms with Crippen LogP contribution in [0.1, 0.15) is 36.0 Å². The van der Waals surface area contributed by atoms with Crippen LogP contribution in [0.4, 0.5) is 11.4 Å². The van der Waals surface area contributed by atoms with Gasteiger partial charge in [0.1, 0.15) is 11.4 Å². The van der Waals surface area contributed by atoms with Crippen LogP contribution in [0, 0.1) is 10.1 Å². The van der Waals surface area contributed by atoms with Crippen LogP contribution in [-0.2, 0) is 0 Å². The first-order valence-electron chi connectivity index (χ1n) is 8.56. The number of nitro benzene ring substituents is 1. The molecule has 0 aromatic heterocycles. The van der Waals surface area contributed by atoms with Gasteiger partial charge >= 0.3 is 5.97 Å². The second-order valence-electron chi connectivity index (χ2n) is 6.21. The van der Waals surface area contributed by atoms with E-state index >= 15 is 0 Å². The van der Waals surface area contributed by atoms with Crippen LogP contribution in [-0.4, -0.2) is 24.0 Å². The zero-order valence-corrected chi connectivity index (χ0v) is 14.9. The van der Waals surface area contributed by atoms with Gasteiger partial charge in [-0.15, -0.1) is 0 Å². The fraction of sp³-hybridized carbons (Fsp3) is 0.316. The standard InChI is InChI=1S/C19H19ClN2O4/c20-15-6-5-7-16(13-15)26-19(23)14-8-9-17(18(12-14)22(24)25)21-10-3-1-2-4-11-21/h5-9,12-13H,1-4,10-11H2. The van der Waals surface area contributed by atoms with Crippen molar-refractivity contribution in [2.75, 3.05) is 18.0 Å². The predicted octanol–water partition coefficient (Wildman–Crippen LogP) is 4.85. The average molecular weight is 375 g/mol. The van der Waals surface area contributed by atoms with Crippen molar-refractivity contribution < 1.29 is 14.5 Å². The lowest BCUT2D eigenvalue weighted by Crippen LogP contribution is -2.25. The summed E-state index contributed by atoms with van der Waals surface area (Å²) in [7, 11) is 0. The van der Waals surface area contributed by atoms with Crippen LogP contribution < -0.4 is 9.64 Å². The van der Waals surface area contributed by atoms with Crippen molar-refractivity contribution in [3.05, 3.63) is 63.2 Å². The topological polar surface area (TPSA) is 72.7 Å². The summed E-state index contributed by atoms with van der Waals surface area (Å²) in [5, 5.41) is 12.0. The largest absolute Gasteiger partial charge is 0.423 e. The van der Waals surface area contributed by atoms with Crippen molar-refractivity contribution >= 4 is 28.9 Å². The summed E-state index contributed by atoms with van der Waals surface area (Å²) in [6, 6.07) is 10.9. The molecule has 0 spiro atoms. The van der Waals surface area contributed by atoms with E-state index < -0.39 is 10.9 Å². The summed E-state index contributed by atoms with van der Waals surface area (Å²) >= 11 is 5.88. The summed E-state index contributed by atoms with van der Waals surface area (Å²) in [6.45, 7) is 1.57. The van der Waals surface area contributed by atoms with Gasteiger partial charge in [0.2, 0.25) is 0 Å². The molecule has 136 valence electrons. The molecule has 1 aliphatic rings. The Kier molecular flexibility index (Phi) is 5.73. The van der Waals surface area contributed by atoms with Crippen molar-refractivity contribution in [2.24, 2.45) is 0 Å². The van der Waals surface area contributed by atoms with Gasteiger partial charge in [-0.2, -0.15) is 0 Å². The van der Waals surface area contributed by atoms with Crippen LogP contribution in [0.3, 0.4) is 0 Å². The highest BCUT2D eigenvalue weighted by Gasteiger charge is 2.23. The average Bonchev–Trinajstić information content (AvgIpc) is 2.90. The molecule has 3 rings (SSSR count). The minimum absolute atomic E-state index is 0.0764. The van der Waals surface area contributed by atoms with Crippen molar-refractivity contribution in [3.63, 3.8) is 0 Å². The number of halogens is 1. The Morgan fingerprint density at radius 3 is 2.46 bits per heavy atom. The fourth-order valence-electron chi connectivity index (χ4n) is 3.07. The number of benzene rings is 2. The van der Waals surface area contributed by atoms with E-state index in [1.54, 1.807) is 30.3 Å². The van der Waals surface area contributed by atoms with E-state index in [-0.39, 0.29) is 11.3 Å². The summed E-state index contributed by atoms with van der Waals surface area (Å²) in [5.74, 6) is -0.362. The summed E-state index contributed by atoms with van der Waals surface area (Å²) in [6.07, 6.45) is 4.29. The first-order chi connectivity index (χ1) is 12.5. The third kappa shape index (κ3) is 4.32. The third-order valence-corrected chi connectivity index (χ3v) is 4.60. The van der Waals surface area contributed by atoms with Crippen LogP contribution >= 0.6 is 11.6 Å². The summed E-state index contributed by atoms with van der Waals surface area (Å²) in [5.41, 5.74) is 0.610. The van der Waals surface area contributed by atoms with Crippen LogP contribution in [0.25, 0.3) is 0 Å². The maximum Gasteiger partial charge on any atom is 0.343 e. The Morgan fingerprint density at radius 1 is 1.08 bits per heavy atom. The minimum atomic E-state index is -0.655. The molecule has 1 aliphatic heterocycles. The summed E-state index contributed by atoms with van der Waals surface area (Å²) in [4.78, 5) is 25.5. The highest BCUT2D eigenvalue weighted by Crippen LogP contribution is 2.31. The van der Waals surface area contributed by atoms with Gasteiger partial charge in [-0.05, 0) is 43.2 Å². The number of carbonyl (C=O) groups excluding carboxylic acids is 1. The molecule has 0 N–H and O–H groups in total. The lowest BCUT2D eigenvalue weighted by molar-refractivity contribution is -0.384. The van der Waals surface area contributed by atoms with Gasteiger partial charge in [0, 0.05) is 24.2 Å². The molecule has 7 heteroatoms. The summed E-state index contributed by atoms with van der Waals surface area (Å²) < 4.78 is 5.26. The molecule has 0 atom stereocenters. The molecule has 0 saturated carbocycles. The Bertz CT molecular complexity index is 817. The molecule has 2 aromatic carbocycles. The number of hydrogen-bond donors (Lipinski definition) is 0. The number of ether oxygens (including phenoxy) is 1. The molecular formula is C19H19ClN2O4. The quantitative estimate of drug-likeness (QED) is 0.331. The van der Waals surface area contributed by atoms with Gasteiger partial charge < -0.3 is 9.64 Å². The molecule has 0 aliphatic carbocycles. The lowest BCUT2D eigenvalue weighted by Gasteiger charge is -2.22. The molecule has 0 amide bonds. The molecule has 6 nitrogen and oxygen atoms in total. The molecular weight excluding hydrogens is 356 g/mol. The van der Waals surface area contributed by atoms with Crippen molar-refractivity contribution in [2.45, 2.75) is 25.7 Å². The van der Waals surface area contributed by atoms with Gasteiger partial charge in [0.05, 0.1) is 10.5 Å². The monoisotopic (exact) mass is 374 g/mol. The van der Waals surface area contributed by atoms with E-state index in [0.29, 0.717) is 16.5 Å². The molecule has 2 aromatic rings. The number of nitrogens with zero attached hydrogens (tertiary/aromatic N) is 2. The van der Waals surface area contributed by atoms with Crippen molar-refractivity contribution in [1.29, 1.82) is 0 Å². The van der Waals surface area contributed by atoms with Gasteiger partial charge in [0.25, 0.3) is 5.69 Å². The van der Waals surface area contributed by atoms with E-state index in [9.17, 15) is 14.9 Å². The number of anilines is 1. The highest BCUT2D eigenvalue weighted by atomic mass is 35.5. The minimum Gasteiger partial charge on any atom is -0.423 e. The van der Waals surface area contributed by atoms with Gasteiger partial charge in [-0.25, -0.2) is 4.79 Å². The fourth-order valence-corrected chi connectivity index (χ4v) is 3.25. The molecule has 1 saturated heterocycles. The smallest absolute Gasteiger partial charge is 0.343 e. The second kappa shape index (κ2) is 8.19. The van der Waals surface area contributed by atoms with Gasteiger partial charge in [0.15, 0.2) is 0 Å². The predicted molar refractivity (Wildman–Crippen MR) is 100 cm³/mol. The molecule has 1 fully saturated rings. The van der Waals surface area contributed by atoms with E-state index in [1.165, 1.54) is 12.1 Å². The zero-order valence-electron chi connectivity index (χ0n) is 14.2. The molecule has 0 unspecified atom stereocenters. The Labute approximate surface area is 156 Å². The van der Waals surface area contributed by atoms with Gasteiger partial charge in [-0.3, -0.25) is 10.1 Å². The Hall–Kier alpha value is -2.60. The maximum absolute atomic E-state index is 12.3. The highest BCUT2D eigenvalue weighted by molar-refractivity contribution is 6.30. The lowest BCUT2D eigenvalue weighted by atomic mass is 10.1. The zero-order chi connectivity index (χ0) is 18.5. The van der Waals surface area contributed by atoms with E-state index in [1.807, 2.05) is 4.90 Å². The number of rotatable bonds is 4. The maximum atomic E-state index is 12.3. The van der Waals surface area contributed by atoms with Crippen molar-refractivity contribution in [1.82, 2.24) is 0 Å². The number of esters is 1. The normalized spacial score (nSPS) is 14.6. The molecule has 0 radical (unpaired) electrons. The number of nitro groups is 1. The Morgan fingerprint density at radius 2 is 1.81 bits per heavy atom. The Balaban J connectivity index is 1.85. The first-order valence-corrected chi connectivity index (χ1v) is 8.93. The van der Waals surface area contributed by atoms with E-state index in [0.717, 1.165) is 38.8 Å². The van der Waals surface area contributed by atoms with Crippen LogP contribution in [0.15, 0.2) is 42.5 Å². The van der Waals surface area contributed by atoms with Gasteiger partial charge in [-0.1, -0.05) is 30.5 Å². The van der Waals surface area contributed by atoms with Crippen LogP contribution in [0.5, 0.6) is 5.75 Å². The van der Waals surface area contributed by atoms with Crippen molar-refractivity contribution in [3.8, 4) is 5.75 Å². The number of hydrogen-bond acceptors (Lipinski definition) is 5. The third-order valence-electron chi connectivity index (χ3n) is 4.36. The van der Waals surface area contributed by atoms with E-state index in [4.69, 9.17) is 16.3 Å². The van der Waals surface area contributed by atoms with Crippen LogP contribution in [0.2, 0.25) is 5.02 Å². The van der Waals surface area contributed by atoms with E-state index in [2.05, 4.69) is 0 Å². The molecule has 26 heavy (non-hydrogen) atoms. The molecule has 1 heterocycles. The number of carbonyl (C=O) groups is 1. The molecule has 0 bridgehead atoms.